The first-order valence-corrected chi connectivity index (χ1v) is 8.72. The Morgan fingerprint density at radius 1 is 1.18 bits per heavy atom. The maximum atomic E-state index is 4.63. The van der Waals surface area contributed by atoms with Crippen LogP contribution in [0.1, 0.15) is 58.1 Å². The van der Waals surface area contributed by atoms with Crippen LogP contribution in [0.5, 0.6) is 0 Å². The Morgan fingerprint density at radius 2 is 1.95 bits per heavy atom. The summed E-state index contributed by atoms with van der Waals surface area (Å²) in [5.41, 5.74) is 4.67. The molecule has 116 valence electrons. The Kier molecular flexibility index (Phi) is 2.82. The van der Waals surface area contributed by atoms with Crippen molar-refractivity contribution in [3.05, 3.63) is 35.9 Å². The van der Waals surface area contributed by atoms with E-state index < -0.39 is 0 Å². The van der Waals surface area contributed by atoms with Crippen molar-refractivity contribution in [3.63, 3.8) is 0 Å². The van der Waals surface area contributed by atoms with Gasteiger partial charge in [0, 0.05) is 24.2 Å². The highest BCUT2D eigenvalue weighted by molar-refractivity contribution is 5.68. The first-order chi connectivity index (χ1) is 10.6. The van der Waals surface area contributed by atoms with Crippen molar-refractivity contribution >= 4 is 0 Å². The maximum absolute atomic E-state index is 4.63. The van der Waals surface area contributed by atoms with E-state index in [1.807, 2.05) is 0 Å². The fourth-order valence-electron chi connectivity index (χ4n) is 5.25. The molecule has 2 aliphatic rings. The zero-order valence-corrected chi connectivity index (χ0v) is 14.2. The van der Waals surface area contributed by atoms with Gasteiger partial charge in [-0.05, 0) is 37.3 Å². The van der Waals surface area contributed by atoms with Gasteiger partial charge in [-0.3, -0.25) is 4.98 Å². The first kappa shape index (κ1) is 14.0. The van der Waals surface area contributed by atoms with Gasteiger partial charge in [-0.25, -0.2) is 9.13 Å². The standard InChI is InChI=1S/C19H26N3/c1-5-18(4)19(6-2,7-3)15-13-20-12-14-8-9-21-10-11-22(18)17(21)16(14)15/h10-13H,5-9H2,1-4H3/q+1. The molecular weight excluding hydrogens is 270 g/mol. The number of aromatic nitrogens is 3. The smallest absolute Gasteiger partial charge is 0.264 e. The van der Waals surface area contributed by atoms with Gasteiger partial charge in [0.1, 0.15) is 17.9 Å². The summed E-state index contributed by atoms with van der Waals surface area (Å²) >= 11 is 0. The van der Waals surface area contributed by atoms with Crippen LogP contribution in [0.4, 0.5) is 0 Å². The van der Waals surface area contributed by atoms with Crippen LogP contribution in [0.2, 0.25) is 0 Å². The molecule has 0 amide bonds. The van der Waals surface area contributed by atoms with Crippen LogP contribution in [-0.2, 0) is 23.9 Å². The average Bonchev–Trinajstić information content (AvgIpc) is 3.00. The van der Waals surface area contributed by atoms with E-state index in [0.717, 1.165) is 32.2 Å². The molecule has 4 rings (SSSR count). The van der Waals surface area contributed by atoms with Gasteiger partial charge in [0.2, 0.25) is 0 Å². The summed E-state index contributed by atoms with van der Waals surface area (Å²) in [6, 6.07) is 0. The molecule has 0 aromatic carbocycles. The van der Waals surface area contributed by atoms with Gasteiger partial charge in [-0.1, -0.05) is 20.8 Å². The molecule has 3 heteroatoms. The zero-order chi connectivity index (χ0) is 15.5. The van der Waals surface area contributed by atoms with Crippen LogP contribution >= 0.6 is 0 Å². The van der Waals surface area contributed by atoms with Gasteiger partial charge in [0.15, 0.2) is 0 Å². The third-order valence-corrected chi connectivity index (χ3v) is 6.74. The van der Waals surface area contributed by atoms with Gasteiger partial charge >= 0.3 is 0 Å². The largest absolute Gasteiger partial charge is 0.290 e. The summed E-state index contributed by atoms with van der Waals surface area (Å²) in [4.78, 5) is 4.63. The van der Waals surface area contributed by atoms with E-state index in [2.05, 4.69) is 66.6 Å². The molecule has 4 heterocycles. The summed E-state index contributed by atoms with van der Waals surface area (Å²) in [5, 5.41) is 0. The van der Waals surface area contributed by atoms with Crippen molar-refractivity contribution in [1.82, 2.24) is 9.55 Å². The van der Waals surface area contributed by atoms with Crippen LogP contribution in [0.15, 0.2) is 24.8 Å². The SMILES string of the molecule is CCC1(CC)c2cncc3c2-c2n(cc[n+]2CC3)C1(C)CC. The summed E-state index contributed by atoms with van der Waals surface area (Å²) in [5.74, 6) is 1.40. The lowest BCUT2D eigenvalue weighted by atomic mass is 9.58. The third-order valence-electron chi connectivity index (χ3n) is 6.74. The highest BCUT2D eigenvalue weighted by Crippen LogP contribution is 2.55. The van der Waals surface area contributed by atoms with Crippen molar-refractivity contribution in [3.8, 4) is 11.4 Å². The summed E-state index contributed by atoms with van der Waals surface area (Å²) in [6.07, 6.45) is 13.4. The van der Waals surface area contributed by atoms with Crippen LogP contribution < -0.4 is 4.57 Å². The van der Waals surface area contributed by atoms with E-state index in [-0.39, 0.29) is 11.0 Å². The van der Waals surface area contributed by atoms with E-state index in [1.165, 1.54) is 22.5 Å². The van der Waals surface area contributed by atoms with Gasteiger partial charge in [-0.2, -0.15) is 0 Å². The van der Waals surface area contributed by atoms with Gasteiger partial charge < -0.3 is 0 Å². The molecule has 0 saturated carbocycles. The number of nitrogens with zero attached hydrogens (tertiary/aromatic N) is 3. The molecule has 0 bridgehead atoms. The number of hydrogen-bond acceptors (Lipinski definition) is 1. The van der Waals surface area contributed by atoms with Crippen LogP contribution in [-0.4, -0.2) is 9.55 Å². The topological polar surface area (TPSA) is 21.7 Å². The number of imidazole rings is 1. The fraction of sp³-hybridized carbons (Fsp3) is 0.579. The molecule has 3 nitrogen and oxygen atoms in total. The second-order valence-electron chi connectivity index (χ2n) is 7.07. The molecule has 0 radical (unpaired) electrons. The number of pyridine rings is 1. The van der Waals surface area contributed by atoms with Crippen molar-refractivity contribution in [2.24, 2.45) is 0 Å². The molecule has 0 spiro atoms. The summed E-state index contributed by atoms with van der Waals surface area (Å²) < 4.78 is 5.01. The molecule has 1 unspecified atom stereocenters. The summed E-state index contributed by atoms with van der Waals surface area (Å²) in [6.45, 7) is 10.6. The maximum Gasteiger partial charge on any atom is 0.290 e. The Labute approximate surface area is 133 Å². The van der Waals surface area contributed by atoms with Crippen molar-refractivity contribution in [2.45, 2.75) is 70.9 Å². The van der Waals surface area contributed by atoms with Gasteiger partial charge in [0.25, 0.3) is 5.82 Å². The summed E-state index contributed by atoms with van der Waals surface area (Å²) in [7, 11) is 0. The third kappa shape index (κ3) is 1.34. The van der Waals surface area contributed by atoms with E-state index >= 15 is 0 Å². The van der Waals surface area contributed by atoms with Crippen LogP contribution in [0.3, 0.4) is 0 Å². The van der Waals surface area contributed by atoms with E-state index in [4.69, 9.17) is 0 Å². The minimum absolute atomic E-state index is 0.113. The molecule has 22 heavy (non-hydrogen) atoms. The van der Waals surface area contributed by atoms with Gasteiger partial charge in [0.05, 0.1) is 12.1 Å². The average molecular weight is 296 g/mol. The van der Waals surface area contributed by atoms with E-state index in [9.17, 15) is 0 Å². The Balaban J connectivity index is 2.16. The molecule has 0 N–H and O–H groups in total. The van der Waals surface area contributed by atoms with Crippen molar-refractivity contribution < 1.29 is 4.57 Å². The Morgan fingerprint density at radius 3 is 2.64 bits per heavy atom. The van der Waals surface area contributed by atoms with Crippen molar-refractivity contribution in [1.29, 1.82) is 0 Å². The normalized spacial score (nSPS) is 24.2. The van der Waals surface area contributed by atoms with Gasteiger partial charge in [-0.15, -0.1) is 0 Å². The number of rotatable bonds is 3. The second-order valence-corrected chi connectivity index (χ2v) is 7.07. The molecule has 2 aromatic rings. The molecule has 0 fully saturated rings. The predicted octanol–water partition coefficient (Wildman–Crippen LogP) is 3.59. The molecular formula is C19H26N3+. The quantitative estimate of drug-likeness (QED) is 0.793. The van der Waals surface area contributed by atoms with E-state index in [1.54, 1.807) is 0 Å². The predicted molar refractivity (Wildman–Crippen MR) is 87.8 cm³/mol. The monoisotopic (exact) mass is 296 g/mol. The van der Waals surface area contributed by atoms with E-state index in [0.29, 0.717) is 0 Å². The minimum Gasteiger partial charge on any atom is -0.264 e. The van der Waals surface area contributed by atoms with Crippen LogP contribution in [0.25, 0.3) is 11.4 Å². The molecule has 2 aromatic heterocycles. The Hall–Kier alpha value is -1.64. The lowest BCUT2D eigenvalue weighted by Crippen LogP contribution is -2.56. The second kappa shape index (κ2) is 4.43. The molecule has 0 saturated heterocycles. The van der Waals surface area contributed by atoms with Crippen molar-refractivity contribution in [2.75, 3.05) is 0 Å². The fourth-order valence-corrected chi connectivity index (χ4v) is 5.25. The highest BCUT2D eigenvalue weighted by atomic mass is 15.2. The highest BCUT2D eigenvalue weighted by Gasteiger charge is 2.57. The minimum atomic E-state index is 0.113. The zero-order valence-electron chi connectivity index (χ0n) is 14.2. The van der Waals surface area contributed by atoms with Crippen LogP contribution in [0, 0.1) is 0 Å². The number of hydrogen-bond donors (Lipinski definition) is 0. The number of aryl methyl sites for hydroxylation is 2. The molecule has 0 aliphatic carbocycles. The first-order valence-electron chi connectivity index (χ1n) is 8.72. The molecule has 1 atom stereocenters. The lowest BCUT2D eigenvalue weighted by Gasteiger charge is -2.50. The lowest BCUT2D eigenvalue weighted by molar-refractivity contribution is -0.687. The Bertz CT molecular complexity index is 739. The molecule has 2 aliphatic heterocycles.